The van der Waals surface area contributed by atoms with Gasteiger partial charge in [0.05, 0.1) is 10.4 Å². The number of hydrogen-bond acceptors (Lipinski definition) is 3. The zero-order valence-electron chi connectivity index (χ0n) is 11.9. The van der Waals surface area contributed by atoms with E-state index in [1.54, 1.807) is 23.9 Å². The molecule has 21 heavy (non-hydrogen) atoms. The molecule has 1 aliphatic rings. The molecule has 2 rings (SSSR count). The highest BCUT2D eigenvalue weighted by Crippen LogP contribution is 2.35. The molecule has 0 radical (unpaired) electrons. The lowest BCUT2D eigenvalue weighted by molar-refractivity contribution is -0.148. The van der Waals surface area contributed by atoms with E-state index in [1.807, 2.05) is 13.0 Å². The third-order valence-electron chi connectivity index (χ3n) is 4.12. The minimum Gasteiger partial charge on any atom is -0.481 e. The Balaban J connectivity index is 1.85. The highest BCUT2D eigenvalue weighted by atomic mass is 35.5. The lowest BCUT2D eigenvalue weighted by Gasteiger charge is -2.23. The molecular weight excluding hydrogens is 329 g/mol. The van der Waals surface area contributed by atoms with Gasteiger partial charge in [-0.3, -0.25) is 4.79 Å². The van der Waals surface area contributed by atoms with Crippen LogP contribution in [0.1, 0.15) is 19.8 Å². The smallest absolute Gasteiger partial charge is 0.310 e. The molecule has 0 saturated carbocycles. The van der Waals surface area contributed by atoms with Gasteiger partial charge < -0.3 is 10.0 Å². The molecule has 0 aliphatic carbocycles. The Kier molecular flexibility index (Phi) is 5.83. The van der Waals surface area contributed by atoms with E-state index < -0.39 is 11.4 Å². The molecule has 1 N–H and O–H groups in total. The zero-order chi connectivity index (χ0) is 15.5. The van der Waals surface area contributed by atoms with Gasteiger partial charge in [0, 0.05) is 28.8 Å². The van der Waals surface area contributed by atoms with Crippen LogP contribution in [0.25, 0.3) is 0 Å². The molecule has 1 aromatic rings. The molecule has 6 heteroatoms. The van der Waals surface area contributed by atoms with Crippen LogP contribution in [0.2, 0.25) is 10.0 Å². The number of rotatable bonds is 6. The lowest BCUT2D eigenvalue weighted by Crippen LogP contribution is -2.34. The summed E-state index contributed by atoms with van der Waals surface area (Å²) in [5.41, 5.74) is -0.557. The van der Waals surface area contributed by atoms with Crippen molar-refractivity contribution in [3.8, 4) is 0 Å². The fraction of sp³-hybridized carbons (Fsp3) is 0.533. The van der Waals surface area contributed by atoms with E-state index in [0.29, 0.717) is 23.0 Å². The zero-order valence-corrected chi connectivity index (χ0v) is 14.3. The second-order valence-corrected chi connectivity index (χ2v) is 7.37. The highest BCUT2D eigenvalue weighted by Gasteiger charge is 2.42. The summed E-state index contributed by atoms with van der Waals surface area (Å²) in [6.07, 6.45) is 1.42. The van der Waals surface area contributed by atoms with E-state index in [-0.39, 0.29) is 0 Å². The fourth-order valence-electron chi connectivity index (χ4n) is 2.64. The number of carboxylic acid groups (broad SMARTS) is 1. The van der Waals surface area contributed by atoms with Crippen LogP contribution in [0.3, 0.4) is 0 Å². The molecule has 1 heterocycles. The normalized spacial score (nSPS) is 22.6. The van der Waals surface area contributed by atoms with E-state index in [4.69, 9.17) is 23.2 Å². The van der Waals surface area contributed by atoms with E-state index in [0.717, 1.165) is 30.2 Å². The standard InChI is InChI=1S/C15H19Cl2NO2S/c1-2-15(14(19)20)5-6-18(10-15)7-8-21-13-9-11(16)3-4-12(13)17/h3-4,9H,2,5-8,10H2,1H3,(H,19,20). The number of aliphatic carboxylic acids is 1. The summed E-state index contributed by atoms with van der Waals surface area (Å²) in [4.78, 5) is 14.6. The second-order valence-electron chi connectivity index (χ2n) is 5.39. The van der Waals surface area contributed by atoms with Crippen LogP contribution in [0, 0.1) is 5.41 Å². The summed E-state index contributed by atoms with van der Waals surface area (Å²) >= 11 is 13.8. The molecule has 1 fully saturated rings. The molecule has 1 unspecified atom stereocenters. The topological polar surface area (TPSA) is 40.5 Å². The molecule has 0 amide bonds. The monoisotopic (exact) mass is 347 g/mol. The molecule has 116 valence electrons. The number of benzene rings is 1. The number of likely N-dealkylation sites (tertiary alicyclic amines) is 1. The van der Waals surface area contributed by atoms with Gasteiger partial charge in [-0.25, -0.2) is 0 Å². The maximum Gasteiger partial charge on any atom is 0.310 e. The SMILES string of the molecule is CCC1(C(=O)O)CCN(CCSc2cc(Cl)ccc2Cl)C1. The quantitative estimate of drug-likeness (QED) is 0.780. The highest BCUT2D eigenvalue weighted by molar-refractivity contribution is 7.99. The third kappa shape index (κ3) is 4.07. The number of nitrogens with zero attached hydrogens (tertiary/aromatic N) is 1. The van der Waals surface area contributed by atoms with Gasteiger partial charge >= 0.3 is 5.97 Å². The largest absolute Gasteiger partial charge is 0.481 e. The molecule has 3 nitrogen and oxygen atoms in total. The van der Waals surface area contributed by atoms with Gasteiger partial charge in [-0.1, -0.05) is 30.1 Å². The van der Waals surface area contributed by atoms with Gasteiger partial charge in [-0.05, 0) is 37.6 Å². The molecule has 0 bridgehead atoms. The van der Waals surface area contributed by atoms with Crippen LogP contribution in [-0.4, -0.2) is 41.4 Å². The van der Waals surface area contributed by atoms with Crippen LogP contribution >= 0.6 is 35.0 Å². The summed E-state index contributed by atoms with van der Waals surface area (Å²) in [5, 5.41) is 10.8. The van der Waals surface area contributed by atoms with Crippen molar-refractivity contribution in [3.05, 3.63) is 28.2 Å². The van der Waals surface area contributed by atoms with Crippen molar-refractivity contribution in [1.29, 1.82) is 0 Å². The van der Waals surface area contributed by atoms with Gasteiger partial charge in [0.1, 0.15) is 0 Å². The van der Waals surface area contributed by atoms with Crippen molar-refractivity contribution in [2.45, 2.75) is 24.7 Å². The van der Waals surface area contributed by atoms with Gasteiger partial charge in [0.2, 0.25) is 0 Å². The van der Waals surface area contributed by atoms with Crippen LogP contribution in [0.4, 0.5) is 0 Å². The number of thioether (sulfide) groups is 1. The Morgan fingerprint density at radius 3 is 2.86 bits per heavy atom. The minimum atomic E-state index is -0.668. The van der Waals surface area contributed by atoms with E-state index in [1.165, 1.54) is 0 Å². The first-order chi connectivity index (χ1) is 9.97. The van der Waals surface area contributed by atoms with Crippen LogP contribution in [0.5, 0.6) is 0 Å². The van der Waals surface area contributed by atoms with E-state index >= 15 is 0 Å². The van der Waals surface area contributed by atoms with Crippen LogP contribution < -0.4 is 0 Å². The lowest BCUT2D eigenvalue weighted by atomic mass is 9.84. The molecule has 1 atom stereocenters. The third-order valence-corrected chi connectivity index (χ3v) is 5.83. The Bertz CT molecular complexity index is 526. The molecular formula is C15H19Cl2NO2S. The Hall–Kier alpha value is -0.420. The van der Waals surface area contributed by atoms with Gasteiger partial charge in [-0.15, -0.1) is 11.8 Å². The predicted molar refractivity (Wildman–Crippen MR) is 88.6 cm³/mol. The summed E-state index contributed by atoms with van der Waals surface area (Å²) in [5.74, 6) is 0.206. The molecule has 0 spiro atoms. The summed E-state index contributed by atoms with van der Waals surface area (Å²) in [6.45, 7) is 4.31. The van der Waals surface area contributed by atoms with Crippen molar-refractivity contribution in [2.24, 2.45) is 5.41 Å². The Morgan fingerprint density at radius 2 is 2.24 bits per heavy atom. The van der Waals surface area contributed by atoms with Crippen LogP contribution in [0.15, 0.2) is 23.1 Å². The number of hydrogen-bond donors (Lipinski definition) is 1. The van der Waals surface area contributed by atoms with Gasteiger partial charge in [0.25, 0.3) is 0 Å². The maximum atomic E-state index is 11.4. The molecule has 1 aromatic carbocycles. The Labute approximate surface area is 139 Å². The molecule has 1 aliphatic heterocycles. The Morgan fingerprint density at radius 1 is 1.48 bits per heavy atom. The van der Waals surface area contributed by atoms with Crippen molar-refractivity contribution < 1.29 is 9.90 Å². The first-order valence-corrected chi connectivity index (χ1v) is 8.74. The molecule has 0 aromatic heterocycles. The van der Waals surface area contributed by atoms with Gasteiger partial charge in [0.15, 0.2) is 0 Å². The average molecular weight is 348 g/mol. The maximum absolute atomic E-state index is 11.4. The number of carboxylic acids is 1. The van der Waals surface area contributed by atoms with Crippen molar-refractivity contribution in [3.63, 3.8) is 0 Å². The van der Waals surface area contributed by atoms with Crippen molar-refractivity contribution >= 4 is 40.9 Å². The number of carbonyl (C=O) groups is 1. The first-order valence-electron chi connectivity index (χ1n) is 7.00. The summed E-state index contributed by atoms with van der Waals surface area (Å²) in [6, 6.07) is 5.44. The van der Waals surface area contributed by atoms with Crippen LogP contribution in [-0.2, 0) is 4.79 Å². The van der Waals surface area contributed by atoms with E-state index in [9.17, 15) is 9.90 Å². The van der Waals surface area contributed by atoms with Crippen molar-refractivity contribution in [1.82, 2.24) is 4.90 Å². The average Bonchev–Trinajstić information content (AvgIpc) is 2.88. The van der Waals surface area contributed by atoms with Crippen molar-refractivity contribution in [2.75, 3.05) is 25.4 Å². The molecule has 1 saturated heterocycles. The van der Waals surface area contributed by atoms with E-state index in [2.05, 4.69) is 4.90 Å². The first kappa shape index (κ1) is 16.9. The number of halogens is 2. The van der Waals surface area contributed by atoms with Gasteiger partial charge in [-0.2, -0.15) is 0 Å². The minimum absolute atomic E-state index is 0.557. The second kappa shape index (κ2) is 7.23. The predicted octanol–water partition coefficient (Wildman–Crippen LogP) is 4.27. The summed E-state index contributed by atoms with van der Waals surface area (Å²) in [7, 11) is 0. The fourth-order valence-corrected chi connectivity index (χ4v) is 4.14. The summed E-state index contributed by atoms with van der Waals surface area (Å²) < 4.78 is 0.